The van der Waals surface area contributed by atoms with Gasteiger partial charge in [-0.1, -0.05) is 13.2 Å². The van der Waals surface area contributed by atoms with Gasteiger partial charge < -0.3 is 13.1 Å². The first-order valence-corrected chi connectivity index (χ1v) is 6.85. The molecule has 0 aromatic heterocycles. The van der Waals surface area contributed by atoms with Gasteiger partial charge in [0.05, 0.1) is 12.5 Å². The average Bonchev–Trinajstić information content (AvgIpc) is 2.13. The highest BCUT2D eigenvalue weighted by molar-refractivity contribution is 8.04. The van der Waals surface area contributed by atoms with E-state index in [0.29, 0.717) is 12.5 Å². The number of rotatable bonds is 7. The van der Waals surface area contributed by atoms with Gasteiger partial charge in [-0.25, -0.2) is 0 Å². The summed E-state index contributed by atoms with van der Waals surface area (Å²) in [5, 5.41) is 0. The Morgan fingerprint density at radius 1 is 1.06 bits per heavy atom. The zero-order valence-corrected chi connectivity index (χ0v) is 10.4. The fourth-order valence-electron chi connectivity index (χ4n) is 0.678. The van der Waals surface area contributed by atoms with Crippen molar-refractivity contribution in [2.75, 3.05) is 0 Å². The van der Waals surface area contributed by atoms with Crippen LogP contribution < -0.4 is 0 Å². The summed E-state index contributed by atoms with van der Waals surface area (Å²) >= 11 is 0. The maximum atomic E-state index is 11.3. The van der Waals surface area contributed by atoms with Gasteiger partial charge in [0.2, 0.25) is 0 Å². The maximum absolute atomic E-state index is 11.3. The van der Waals surface area contributed by atoms with Crippen LogP contribution >= 0.6 is 0 Å². The van der Waals surface area contributed by atoms with Crippen molar-refractivity contribution < 1.29 is 34.7 Å². The molecule has 0 N–H and O–H groups in total. The van der Waals surface area contributed by atoms with Crippen molar-refractivity contribution in [3.8, 4) is 0 Å². The summed E-state index contributed by atoms with van der Waals surface area (Å²) in [5.74, 6) is -1.15. The first-order chi connectivity index (χ1) is 7.67. The highest BCUT2D eigenvalue weighted by Crippen LogP contribution is 2.16. The Bertz CT molecular complexity index is 460. The Hall–Kier alpha value is -1.55. The lowest BCUT2D eigenvalue weighted by molar-refractivity contribution is -0.140. The van der Waals surface area contributed by atoms with Gasteiger partial charge in [-0.3, -0.25) is 4.79 Å². The molecule has 8 nitrogen and oxygen atoms in total. The second kappa shape index (κ2) is 5.68. The third-order valence-corrected chi connectivity index (χ3v) is 4.50. The van der Waals surface area contributed by atoms with E-state index in [1.807, 2.05) is 0 Å². The summed E-state index contributed by atoms with van der Waals surface area (Å²) in [7, 11) is -9.54. The van der Waals surface area contributed by atoms with E-state index in [-0.39, 0.29) is 0 Å². The van der Waals surface area contributed by atoms with Crippen molar-refractivity contribution in [1.82, 2.24) is 0 Å². The van der Waals surface area contributed by atoms with Crippen molar-refractivity contribution in [1.29, 1.82) is 0 Å². The molecule has 10 heteroatoms. The number of carbonyl (C=O) groups excluding carboxylic acids is 1. The molecule has 0 atom stereocenters. The largest absolute Gasteiger partial charge is 0.424 e. The lowest BCUT2D eigenvalue weighted by Gasteiger charge is -2.15. The molecular weight excluding hydrogens is 276 g/mol. The highest BCUT2D eigenvalue weighted by atomic mass is 32.3. The first kappa shape index (κ1) is 15.4. The summed E-state index contributed by atoms with van der Waals surface area (Å²) in [4.78, 5) is 10.6. The van der Waals surface area contributed by atoms with Crippen LogP contribution in [0.3, 0.4) is 0 Å². The maximum Gasteiger partial charge on any atom is 0.372 e. The number of carbonyl (C=O) groups is 1. The molecule has 0 bridgehead atoms. The number of hydrogen-bond donors (Lipinski definition) is 0. The summed E-state index contributed by atoms with van der Waals surface area (Å²) in [5.41, 5.74) is 0. The van der Waals surface area contributed by atoms with E-state index in [4.69, 9.17) is 0 Å². The van der Waals surface area contributed by atoms with Gasteiger partial charge in [-0.2, -0.15) is 16.8 Å². The average molecular weight is 286 g/mol. The fraction of sp³-hybridized carbons (Fsp3) is 0.286. The molecule has 0 rings (SSSR count). The molecule has 17 heavy (non-hydrogen) atoms. The molecule has 0 radical (unpaired) electrons. The van der Waals surface area contributed by atoms with E-state index >= 15 is 0 Å². The summed E-state index contributed by atoms with van der Waals surface area (Å²) in [6.45, 7) is 6.69. The second-order valence-electron chi connectivity index (χ2n) is 2.41. The van der Waals surface area contributed by atoms with Gasteiger partial charge in [-0.15, -0.1) is 0 Å². The molecule has 0 amide bonds. The topological polar surface area (TPSA) is 113 Å². The van der Waals surface area contributed by atoms with Gasteiger partial charge in [0.1, 0.15) is 0 Å². The minimum Gasteiger partial charge on any atom is -0.424 e. The van der Waals surface area contributed by atoms with Crippen LogP contribution in [0.2, 0.25) is 0 Å². The van der Waals surface area contributed by atoms with E-state index in [0.717, 1.165) is 6.92 Å². The Labute approximate surface area is 98.7 Å². The Morgan fingerprint density at radius 3 is 1.65 bits per heavy atom. The molecule has 98 valence electrons. The van der Waals surface area contributed by atoms with Crippen LogP contribution in [-0.4, -0.2) is 27.6 Å². The second-order valence-corrected chi connectivity index (χ2v) is 5.92. The first-order valence-electron chi connectivity index (χ1n) is 3.90. The molecule has 0 spiro atoms. The van der Waals surface area contributed by atoms with Crippen molar-refractivity contribution in [2.45, 2.75) is 11.7 Å². The molecule has 0 fully saturated rings. The smallest absolute Gasteiger partial charge is 0.372 e. The van der Waals surface area contributed by atoms with Gasteiger partial charge in [0.25, 0.3) is 0 Å². The molecule has 0 aliphatic carbocycles. The fourth-order valence-corrected chi connectivity index (χ4v) is 3.17. The lowest BCUT2D eigenvalue weighted by Crippen LogP contribution is -2.35. The van der Waals surface area contributed by atoms with Crippen molar-refractivity contribution >= 4 is 26.2 Å². The van der Waals surface area contributed by atoms with Crippen LogP contribution in [0.4, 0.5) is 0 Å². The molecule has 0 saturated heterocycles. The predicted octanol–water partition coefficient (Wildman–Crippen LogP) is -0.187. The molecule has 0 saturated carbocycles. The van der Waals surface area contributed by atoms with E-state index in [1.165, 1.54) is 0 Å². The molecule has 0 unspecified atom stereocenters. The zero-order chi connectivity index (χ0) is 13.7. The van der Waals surface area contributed by atoms with Gasteiger partial charge in [0.15, 0.2) is 0 Å². The quantitative estimate of drug-likeness (QED) is 0.359. The Balaban J connectivity index is 5.51. The van der Waals surface area contributed by atoms with Crippen molar-refractivity contribution in [3.05, 3.63) is 25.7 Å². The molecular formula is C7H10O8S2. The number of ether oxygens (including phenoxy) is 1. The van der Waals surface area contributed by atoms with Crippen molar-refractivity contribution in [3.63, 3.8) is 0 Å². The van der Waals surface area contributed by atoms with Gasteiger partial charge >= 0.3 is 31.0 Å². The van der Waals surface area contributed by atoms with Crippen LogP contribution in [0, 0.1) is 0 Å². The predicted molar refractivity (Wildman–Crippen MR) is 56.0 cm³/mol. The van der Waals surface area contributed by atoms with E-state index in [1.54, 1.807) is 0 Å². The SMILES string of the molecule is C=COS(=O)(=O)C(OC(C)=O)S(=O)(=O)OC=C. The van der Waals surface area contributed by atoms with Gasteiger partial charge in [-0.05, 0) is 0 Å². The molecule has 0 aromatic rings. The molecule has 0 aliphatic rings. The van der Waals surface area contributed by atoms with Gasteiger partial charge in [0, 0.05) is 6.92 Å². The Kier molecular flexibility index (Phi) is 5.16. The third kappa shape index (κ3) is 4.44. The van der Waals surface area contributed by atoms with Crippen LogP contribution in [0.1, 0.15) is 6.92 Å². The normalized spacial score (nSPS) is 11.6. The summed E-state index contributed by atoms with van der Waals surface area (Å²) < 4.78 is 54.8. The van der Waals surface area contributed by atoms with E-state index in [2.05, 4.69) is 26.3 Å². The van der Waals surface area contributed by atoms with Crippen LogP contribution in [0.15, 0.2) is 25.7 Å². The standard InChI is InChI=1S/C7H10O8S2/c1-4-13-16(9,10)7(15-6(3)8)17(11,12)14-5-2/h4-5,7H,1-2H2,3H3. The minimum atomic E-state index is -4.77. The van der Waals surface area contributed by atoms with Crippen LogP contribution in [-0.2, 0) is 38.1 Å². The van der Waals surface area contributed by atoms with Crippen LogP contribution in [0.5, 0.6) is 0 Å². The van der Waals surface area contributed by atoms with E-state index < -0.39 is 31.0 Å². The lowest BCUT2D eigenvalue weighted by atomic mass is 10.8. The Morgan fingerprint density at radius 2 is 1.41 bits per heavy atom. The minimum absolute atomic E-state index is 0.468. The molecule has 0 aliphatic heterocycles. The molecule has 0 aromatic carbocycles. The third-order valence-electron chi connectivity index (χ3n) is 1.14. The zero-order valence-electron chi connectivity index (χ0n) is 8.73. The highest BCUT2D eigenvalue weighted by Gasteiger charge is 2.43. The van der Waals surface area contributed by atoms with Crippen molar-refractivity contribution in [2.24, 2.45) is 0 Å². The molecule has 0 heterocycles. The number of esters is 1. The van der Waals surface area contributed by atoms with Crippen LogP contribution in [0.25, 0.3) is 0 Å². The monoisotopic (exact) mass is 286 g/mol. The van der Waals surface area contributed by atoms with E-state index in [9.17, 15) is 21.6 Å². The number of hydrogen-bond acceptors (Lipinski definition) is 8. The summed E-state index contributed by atoms with van der Waals surface area (Å²) in [6, 6.07) is 0. The summed E-state index contributed by atoms with van der Waals surface area (Å²) in [6.07, 6.45) is 0.935.